The monoisotopic (exact) mass is 489 g/mol. The number of thiazole rings is 1. The molecule has 10 nitrogen and oxygen atoms in total. The number of fused-ring (bicyclic) bond motifs is 3. The lowest BCUT2D eigenvalue weighted by atomic mass is 9.98. The van der Waals surface area contributed by atoms with Crippen molar-refractivity contribution in [3.05, 3.63) is 82.6 Å². The molecular formula is C24H19N5O5S. The number of nitrogens with zero attached hydrogens (tertiary/aromatic N) is 3. The summed E-state index contributed by atoms with van der Waals surface area (Å²) in [7, 11) is 1.54. The summed E-state index contributed by atoms with van der Waals surface area (Å²) in [5, 5.41) is 19.6. The molecule has 0 fully saturated rings. The van der Waals surface area contributed by atoms with Crippen LogP contribution in [0.1, 0.15) is 38.0 Å². The number of aromatic nitrogens is 3. The summed E-state index contributed by atoms with van der Waals surface area (Å²) in [5.41, 5.74) is 4.25. The summed E-state index contributed by atoms with van der Waals surface area (Å²) in [4.78, 5) is 40.3. The molecule has 2 amide bonds. The van der Waals surface area contributed by atoms with Crippen molar-refractivity contribution in [2.24, 2.45) is 7.05 Å². The smallest absolute Gasteiger partial charge is 0.413 e. The third-order valence-corrected chi connectivity index (χ3v) is 6.33. The van der Waals surface area contributed by atoms with Crippen LogP contribution in [0.5, 0.6) is 0 Å². The van der Waals surface area contributed by atoms with Gasteiger partial charge in [-0.3, -0.25) is 14.8 Å². The summed E-state index contributed by atoms with van der Waals surface area (Å²) >= 11 is 1.05. The van der Waals surface area contributed by atoms with Gasteiger partial charge in [-0.2, -0.15) is 5.10 Å². The molecule has 35 heavy (non-hydrogen) atoms. The number of carboxylic acid groups (broad SMARTS) is 1. The summed E-state index contributed by atoms with van der Waals surface area (Å²) in [5.74, 6) is -1.97. The van der Waals surface area contributed by atoms with Crippen molar-refractivity contribution in [2.75, 3.05) is 17.2 Å². The van der Waals surface area contributed by atoms with Gasteiger partial charge in [-0.25, -0.2) is 14.6 Å². The van der Waals surface area contributed by atoms with E-state index < -0.39 is 18.0 Å². The first-order valence-electron chi connectivity index (χ1n) is 10.6. The number of benzene rings is 2. The quantitative estimate of drug-likeness (QED) is 0.370. The highest BCUT2D eigenvalue weighted by Gasteiger charge is 2.29. The SMILES string of the molecule is Cn1cc(NC(=O)c2csc(NC(=O)OCC3c4ccccc4-c4ccccc43)n2)c(C(=O)O)n1. The molecule has 0 saturated heterocycles. The Morgan fingerprint density at radius 3 is 2.37 bits per heavy atom. The van der Waals surface area contributed by atoms with Crippen LogP contribution in [-0.2, 0) is 11.8 Å². The van der Waals surface area contributed by atoms with Crippen molar-refractivity contribution in [1.29, 1.82) is 0 Å². The number of anilines is 2. The number of carbonyl (C=O) groups is 3. The number of nitrogens with one attached hydrogen (secondary N) is 2. The fourth-order valence-corrected chi connectivity index (χ4v) is 4.76. The number of carbonyl (C=O) groups excluding carboxylic acids is 2. The molecule has 176 valence electrons. The normalized spacial score (nSPS) is 12.0. The van der Waals surface area contributed by atoms with Gasteiger partial charge in [0, 0.05) is 24.5 Å². The standard InChI is InChI=1S/C24H19N5O5S/c1-29-10-18(20(28-29)22(31)32)25-21(30)19-12-35-23(26-19)27-24(33)34-11-17-15-8-4-2-6-13(15)14-7-3-5-9-16(14)17/h2-10,12,17H,11H2,1H3,(H,25,30)(H,31,32)(H,26,27,33). The zero-order valence-corrected chi connectivity index (χ0v) is 19.2. The number of ether oxygens (including phenoxy) is 1. The van der Waals surface area contributed by atoms with Crippen molar-refractivity contribution in [3.63, 3.8) is 0 Å². The van der Waals surface area contributed by atoms with Gasteiger partial charge in [0.05, 0.1) is 5.69 Å². The first-order valence-corrected chi connectivity index (χ1v) is 11.4. The molecule has 0 saturated carbocycles. The number of amides is 2. The zero-order chi connectivity index (χ0) is 24.5. The van der Waals surface area contributed by atoms with Crippen molar-refractivity contribution < 1.29 is 24.2 Å². The van der Waals surface area contributed by atoms with E-state index in [-0.39, 0.29) is 34.7 Å². The minimum atomic E-state index is -1.27. The number of hydrogen-bond acceptors (Lipinski definition) is 7. The lowest BCUT2D eigenvalue weighted by Crippen LogP contribution is -2.18. The van der Waals surface area contributed by atoms with E-state index >= 15 is 0 Å². The minimum Gasteiger partial charge on any atom is -0.476 e. The maximum atomic E-state index is 12.5. The average Bonchev–Trinajstić information content (AvgIpc) is 3.54. The zero-order valence-electron chi connectivity index (χ0n) is 18.4. The Labute approximate surface area is 203 Å². The molecule has 2 aromatic heterocycles. The lowest BCUT2D eigenvalue weighted by Gasteiger charge is -2.14. The fourth-order valence-electron chi connectivity index (χ4n) is 4.08. The van der Waals surface area contributed by atoms with Crippen LogP contribution in [0, 0.1) is 0 Å². The Morgan fingerprint density at radius 2 is 1.71 bits per heavy atom. The summed E-state index contributed by atoms with van der Waals surface area (Å²) in [6.07, 6.45) is 0.692. The summed E-state index contributed by atoms with van der Waals surface area (Å²) in [6.45, 7) is 0.150. The van der Waals surface area contributed by atoms with E-state index in [9.17, 15) is 19.5 Å². The largest absolute Gasteiger partial charge is 0.476 e. The lowest BCUT2D eigenvalue weighted by molar-refractivity contribution is 0.0690. The predicted molar refractivity (Wildman–Crippen MR) is 129 cm³/mol. The van der Waals surface area contributed by atoms with Crippen molar-refractivity contribution in [3.8, 4) is 11.1 Å². The van der Waals surface area contributed by atoms with Gasteiger partial charge in [-0.1, -0.05) is 48.5 Å². The maximum absolute atomic E-state index is 12.5. The molecule has 0 spiro atoms. The molecule has 1 aliphatic rings. The Kier molecular flexibility index (Phi) is 5.75. The molecule has 2 aromatic carbocycles. The second-order valence-electron chi connectivity index (χ2n) is 7.81. The highest BCUT2D eigenvalue weighted by atomic mass is 32.1. The Morgan fingerprint density at radius 1 is 1.06 bits per heavy atom. The molecule has 4 aromatic rings. The molecule has 0 atom stereocenters. The van der Waals surface area contributed by atoms with Gasteiger partial charge in [0.2, 0.25) is 0 Å². The molecule has 0 radical (unpaired) electrons. The van der Waals surface area contributed by atoms with Crippen LogP contribution in [0.2, 0.25) is 0 Å². The molecule has 3 N–H and O–H groups in total. The Balaban J connectivity index is 1.22. The second-order valence-corrected chi connectivity index (χ2v) is 8.67. The van der Waals surface area contributed by atoms with Crippen LogP contribution in [-0.4, -0.2) is 44.4 Å². The number of rotatable bonds is 6. The Hall–Kier alpha value is -4.51. The molecule has 0 bridgehead atoms. The highest BCUT2D eigenvalue weighted by molar-refractivity contribution is 7.14. The number of aryl methyl sites for hydroxylation is 1. The van der Waals surface area contributed by atoms with Gasteiger partial charge in [-0.15, -0.1) is 11.3 Å². The van der Waals surface area contributed by atoms with Gasteiger partial charge in [0.25, 0.3) is 5.91 Å². The van der Waals surface area contributed by atoms with Gasteiger partial charge in [0.15, 0.2) is 10.8 Å². The van der Waals surface area contributed by atoms with Crippen molar-refractivity contribution in [1.82, 2.24) is 14.8 Å². The van der Waals surface area contributed by atoms with E-state index in [1.54, 1.807) is 7.05 Å². The molecule has 11 heteroatoms. The van der Waals surface area contributed by atoms with Crippen LogP contribution in [0.3, 0.4) is 0 Å². The summed E-state index contributed by atoms with van der Waals surface area (Å²) in [6, 6.07) is 16.1. The number of carboxylic acids is 1. The summed E-state index contributed by atoms with van der Waals surface area (Å²) < 4.78 is 6.78. The average molecular weight is 490 g/mol. The van der Waals surface area contributed by atoms with E-state index in [2.05, 4.69) is 32.8 Å². The van der Waals surface area contributed by atoms with Gasteiger partial charge < -0.3 is 15.2 Å². The van der Waals surface area contributed by atoms with E-state index in [1.807, 2.05) is 36.4 Å². The third kappa shape index (κ3) is 4.36. The van der Waals surface area contributed by atoms with E-state index in [0.717, 1.165) is 33.6 Å². The van der Waals surface area contributed by atoms with E-state index in [1.165, 1.54) is 16.3 Å². The van der Waals surface area contributed by atoms with Gasteiger partial charge in [0.1, 0.15) is 12.3 Å². The first-order chi connectivity index (χ1) is 16.9. The second kappa shape index (κ2) is 9.03. The van der Waals surface area contributed by atoms with Gasteiger partial charge in [-0.05, 0) is 22.3 Å². The van der Waals surface area contributed by atoms with Crippen LogP contribution in [0.4, 0.5) is 15.6 Å². The van der Waals surface area contributed by atoms with Crippen molar-refractivity contribution in [2.45, 2.75) is 5.92 Å². The molecule has 5 rings (SSSR count). The molecule has 2 heterocycles. The third-order valence-electron chi connectivity index (χ3n) is 5.57. The maximum Gasteiger partial charge on any atom is 0.413 e. The van der Waals surface area contributed by atoms with E-state index in [0.29, 0.717) is 0 Å². The number of hydrogen-bond donors (Lipinski definition) is 3. The van der Waals surface area contributed by atoms with Crippen LogP contribution in [0.25, 0.3) is 11.1 Å². The number of aromatic carboxylic acids is 1. The fraction of sp³-hybridized carbons (Fsp3) is 0.125. The first kappa shape index (κ1) is 22.3. The predicted octanol–water partition coefficient (Wildman–Crippen LogP) is 4.19. The molecule has 0 aliphatic heterocycles. The van der Waals surface area contributed by atoms with Crippen LogP contribution >= 0.6 is 11.3 Å². The van der Waals surface area contributed by atoms with Crippen molar-refractivity contribution >= 4 is 40.1 Å². The molecular weight excluding hydrogens is 470 g/mol. The van der Waals surface area contributed by atoms with Crippen LogP contribution < -0.4 is 10.6 Å². The molecule has 1 aliphatic carbocycles. The topological polar surface area (TPSA) is 135 Å². The van der Waals surface area contributed by atoms with Gasteiger partial charge >= 0.3 is 12.1 Å². The molecule has 0 unspecified atom stereocenters. The highest BCUT2D eigenvalue weighted by Crippen LogP contribution is 2.44. The Bertz CT molecular complexity index is 1410. The minimum absolute atomic E-state index is 0.0177. The van der Waals surface area contributed by atoms with Crippen LogP contribution in [0.15, 0.2) is 60.1 Å². The van der Waals surface area contributed by atoms with E-state index in [4.69, 9.17) is 4.74 Å².